The van der Waals surface area contributed by atoms with Gasteiger partial charge in [-0.15, -0.1) is 0 Å². The van der Waals surface area contributed by atoms with Crippen molar-refractivity contribution in [3.8, 4) is 0 Å². The first kappa shape index (κ1) is 13.3. The second kappa shape index (κ2) is 4.83. The molecule has 2 saturated heterocycles. The maximum Gasteiger partial charge on any atom is 0.272 e. The normalized spacial score (nSPS) is 28.8. The summed E-state index contributed by atoms with van der Waals surface area (Å²) < 4.78 is 1.83. The van der Waals surface area contributed by atoms with E-state index in [1.165, 1.54) is 31.4 Å². The average Bonchev–Trinajstić information content (AvgIpc) is 3.12. The van der Waals surface area contributed by atoms with Crippen LogP contribution in [0.3, 0.4) is 0 Å². The zero-order valence-electron chi connectivity index (χ0n) is 13.0. The number of amides is 1. The quantitative estimate of drug-likeness (QED) is 0.776. The smallest absolute Gasteiger partial charge is 0.272 e. The van der Waals surface area contributed by atoms with Crippen LogP contribution < -0.4 is 0 Å². The second-order valence-corrected chi connectivity index (χ2v) is 6.91. The molecule has 1 aromatic heterocycles. The first-order chi connectivity index (χ1) is 10.1. The van der Waals surface area contributed by atoms with Gasteiger partial charge in [-0.1, -0.05) is 0 Å². The maximum atomic E-state index is 13.0. The zero-order valence-corrected chi connectivity index (χ0v) is 13.0. The monoisotopic (exact) mass is 288 g/mol. The summed E-state index contributed by atoms with van der Waals surface area (Å²) in [5, 5.41) is 4.59. The number of hydrogen-bond acceptors (Lipinski definition) is 3. The lowest BCUT2D eigenvalue weighted by Gasteiger charge is -2.21. The first-order valence-corrected chi connectivity index (χ1v) is 8.19. The van der Waals surface area contributed by atoms with E-state index in [1.54, 1.807) is 0 Å². The Bertz CT molecular complexity index is 579. The van der Waals surface area contributed by atoms with Crippen molar-refractivity contribution in [2.45, 2.75) is 38.1 Å². The van der Waals surface area contributed by atoms with Crippen LogP contribution in [0.15, 0.2) is 0 Å². The van der Waals surface area contributed by atoms with Crippen molar-refractivity contribution in [1.82, 2.24) is 19.6 Å². The van der Waals surface area contributed by atoms with Crippen molar-refractivity contribution in [2.75, 3.05) is 26.7 Å². The van der Waals surface area contributed by atoms with Gasteiger partial charge in [0.25, 0.3) is 5.91 Å². The van der Waals surface area contributed by atoms with E-state index in [9.17, 15) is 4.79 Å². The van der Waals surface area contributed by atoms with Crippen molar-refractivity contribution in [1.29, 1.82) is 0 Å². The lowest BCUT2D eigenvalue weighted by atomic mass is 9.95. The van der Waals surface area contributed by atoms with E-state index in [0.29, 0.717) is 12.0 Å². The van der Waals surface area contributed by atoms with Crippen LogP contribution in [0.4, 0.5) is 0 Å². The maximum absolute atomic E-state index is 13.0. The number of aryl methyl sites for hydroxylation is 2. The fourth-order valence-corrected chi connectivity index (χ4v) is 4.44. The minimum atomic E-state index is 0.205. The predicted molar refractivity (Wildman–Crippen MR) is 80.3 cm³/mol. The minimum absolute atomic E-state index is 0.205. The third-order valence-corrected chi connectivity index (χ3v) is 5.63. The number of fused-ring (bicyclic) bond motifs is 2. The molecule has 0 unspecified atom stereocenters. The summed E-state index contributed by atoms with van der Waals surface area (Å²) in [6, 6.07) is 0.568. The highest BCUT2D eigenvalue weighted by atomic mass is 16.2. The number of carbonyl (C=O) groups is 1. The van der Waals surface area contributed by atoms with E-state index in [0.717, 1.165) is 37.3 Å². The molecule has 3 aliphatic rings. The number of nitrogens with zero attached hydrogens (tertiary/aromatic N) is 4. The van der Waals surface area contributed by atoms with Crippen LogP contribution in [0.5, 0.6) is 0 Å². The lowest BCUT2D eigenvalue weighted by molar-refractivity contribution is 0.0762. The molecule has 0 aromatic carbocycles. The number of hydrogen-bond donors (Lipinski definition) is 0. The van der Waals surface area contributed by atoms with Gasteiger partial charge in [0.05, 0.1) is 5.69 Å². The van der Waals surface area contributed by atoms with Crippen molar-refractivity contribution in [3.63, 3.8) is 0 Å². The van der Waals surface area contributed by atoms with Crippen LogP contribution in [0, 0.1) is 5.92 Å². The SMILES string of the molecule is CN1CC[C@@H]2CN(C(=O)c3c4c(nn3C)CCCC4)C[C@@H]21. The fourth-order valence-electron chi connectivity index (χ4n) is 4.44. The van der Waals surface area contributed by atoms with E-state index in [4.69, 9.17) is 0 Å². The molecule has 1 aliphatic carbocycles. The van der Waals surface area contributed by atoms with Gasteiger partial charge in [0.15, 0.2) is 0 Å². The summed E-state index contributed by atoms with van der Waals surface area (Å²) in [6.07, 6.45) is 5.67. The number of likely N-dealkylation sites (N-methyl/N-ethyl adjacent to an activating group) is 1. The van der Waals surface area contributed by atoms with E-state index < -0.39 is 0 Å². The van der Waals surface area contributed by atoms with Gasteiger partial charge in [0.2, 0.25) is 0 Å². The molecule has 21 heavy (non-hydrogen) atoms. The molecule has 2 atom stereocenters. The molecule has 1 aromatic rings. The lowest BCUT2D eigenvalue weighted by Crippen LogP contribution is -2.36. The third-order valence-electron chi connectivity index (χ3n) is 5.63. The van der Waals surface area contributed by atoms with Crippen LogP contribution >= 0.6 is 0 Å². The molecule has 1 amide bonds. The molecule has 4 rings (SSSR count). The van der Waals surface area contributed by atoms with E-state index in [2.05, 4.69) is 21.9 Å². The summed E-state index contributed by atoms with van der Waals surface area (Å²) in [6.45, 7) is 2.99. The fraction of sp³-hybridized carbons (Fsp3) is 0.750. The Labute approximate surface area is 125 Å². The molecular formula is C16H24N4O. The molecule has 2 fully saturated rings. The Morgan fingerprint density at radius 1 is 1.19 bits per heavy atom. The molecule has 2 aliphatic heterocycles. The summed E-state index contributed by atoms with van der Waals surface area (Å²) in [7, 11) is 4.11. The molecule has 0 radical (unpaired) electrons. The molecule has 0 N–H and O–H groups in total. The Hall–Kier alpha value is -1.36. The van der Waals surface area contributed by atoms with Crippen molar-refractivity contribution in [3.05, 3.63) is 17.0 Å². The Morgan fingerprint density at radius 3 is 2.81 bits per heavy atom. The number of aromatic nitrogens is 2. The number of likely N-dealkylation sites (tertiary alicyclic amines) is 2. The van der Waals surface area contributed by atoms with Crippen molar-refractivity contribution < 1.29 is 4.79 Å². The number of carbonyl (C=O) groups excluding carboxylic acids is 1. The van der Waals surface area contributed by atoms with Crippen LogP contribution in [-0.4, -0.2) is 58.2 Å². The largest absolute Gasteiger partial charge is 0.335 e. The Morgan fingerprint density at radius 2 is 2.00 bits per heavy atom. The molecule has 0 spiro atoms. The molecule has 114 valence electrons. The standard InChI is InChI=1S/C16H24N4O/c1-18-8-7-11-9-20(10-14(11)18)16(21)15-12-5-3-4-6-13(12)17-19(15)2/h11,14H,3-10H2,1-2H3/t11-,14+/m1/s1. The molecule has 0 bridgehead atoms. The van der Waals surface area contributed by atoms with E-state index in [1.807, 2.05) is 11.7 Å². The molecule has 5 nitrogen and oxygen atoms in total. The third kappa shape index (κ3) is 2.01. The average molecular weight is 288 g/mol. The predicted octanol–water partition coefficient (Wildman–Crippen LogP) is 1.07. The topological polar surface area (TPSA) is 41.4 Å². The Kier molecular flexibility index (Phi) is 3.06. The minimum Gasteiger partial charge on any atom is -0.335 e. The summed E-state index contributed by atoms with van der Waals surface area (Å²) in [5.74, 6) is 0.874. The highest BCUT2D eigenvalue weighted by molar-refractivity contribution is 5.94. The van der Waals surface area contributed by atoms with Gasteiger partial charge in [0.1, 0.15) is 5.69 Å². The van der Waals surface area contributed by atoms with Gasteiger partial charge in [-0.05, 0) is 51.6 Å². The molecule has 3 heterocycles. The van der Waals surface area contributed by atoms with Crippen molar-refractivity contribution in [2.24, 2.45) is 13.0 Å². The van der Waals surface area contributed by atoms with Crippen LogP contribution in [0.25, 0.3) is 0 Å². The van der Waals surface area contributed by atoms with Crippen LogP contribution in [0.2, 0.25) is 0 Å². The van der Waals surface area contributed by atoms with Gasteiger partial charge in [-0.3, -0.25) is 9.48 Å². The van der Waals surface area contributed by atoms with E-state index in [-0.39, 0.29) is 5.91 Å². The zero-order chi connectivity index (χ0) is 14.6. The van der Waals surface area contributed by atoms with Gasteiger partial charge in [-0.25, -0.2) is 0 Å². The van der Waals surface area contributed by atoms with Crippen LogP contribution in [0.1, 0.15) is 41.0 Å². The highest BCUT2D eigenvalue weighted by Crippen LogP contribution is 2.32. The van der Waals surface area contributed by atoms with E-state index >= 15 is 0 Å². The number of rotatable bonds is 1. The van der Waals surface area contributed by atoms with Crippen molar-refractivity contribution >= 4 is 5.91 Å². The second-order valence-electron chi connectivity index (χ2n) is 6.91. The first-order valence-electron chi connectivity index (χ1n) is 8.19. The molecular weight excluding hydrogens is 264 g/mol. The highest BCUT2D eigenvalue weighted by Gasteiger charge is 2.42. The van der Waals surface area contributed by atoms with Crippen LogP contribution in [-0.2, 0) is 19.9 Å². The van der Waals surface area contributed by atoms with Gasteiger partial charge >= 0.3 is 0 Å². The summed E-state index contributed by atoms with van der Waals surface area (Å²) in [4.78, 5) is 17.5. The van der Waals surface area contributed by atoms with Gasteiger partial charge < -0.3 is 9.80 Å². The molecule has 5 heteroatoms. The van der Waals surface area contributed by atoms with Gasteiger partial charge in [-0.2, -0.15) is 5.10 Å². The van der Waals surface area contributed by atoms with Gasteiger partial charge in [0, 0.05) is 31.7 Å². The summed E-state index contributed by atoms with van der Waals surface area (Å²) in [5.41, 5.74) is 3.23. The molecule has 0 saturated carbocycles. The Balaban J connectivity index is 1.60. The summed E-state index contributed by atoms with van der Waals surface area (Å²) >= 11 is 0.